The van der Waals surface area contributed by atoms with Gasteiger partial charge in [0.2, 0.25) is 0 Å². The van der Waals surface area contributed by atoms with Gasteiger partial charge in [-0.1, -0.05) is 102 Å². The van der Waals surface area contributed by atoms with Crippen molar-refractivity contribution in [3.63, 3.8) is 0 Å². The van der Waals surface area contributed by atoms with Crippen LogP contribution in [0.5, 0.6) is 0 Å². The molecule has 0 aliphatic carbocycles. The van der Waals surface area contributed by atoms with Crippen LogP contribution in [0.15, 0.2) is 108 Å². The van der Waals surface area contributed by atoms with Crippen LogP contribution in [0.25, 0.3) is 5.57 Å². The zero-order valence-electron chi connectivity index (χ0n) is 22.8. The van der Waals surface area contributed by atoms with Crippen LogP contribution in [0.3, 0.4) is 0 Å². The lowest BCUT2D eigenvalue weighted by Crippen LogP contribution is -1.97. The van der Waals surface area contributed by atoms with Crippen LogP contribution < -0.4 is 0 Å². The van der Waals surface area contributed by atoms with Crippen molar-refractivity contribution in [1.29, 1.82) is 0 Å². The molecule has 0 aromatic heterocycles. The highest BCUT2D eigenvalue weighted by Crippen LogP contribution is 2.32. The third kappa shape index (κ3) is 12.6. The fourth-order valence-electron chi connectivity index (χ4n) is 2.90. The number of rotatable bonds is 9. The van der Waals surface area contributed by atoms with Crippen molar-refractivity contribution < 1.29 is 0 Å². The first kappa shape index (κ1) is 32.8. The fraction of sp³-hybridized carbons (Fsp3) is 0.303. The lowest BCUT2D eigenvalue weighted by Gasteiger charge is -2.16. The molecule has 1 heteroatoms. The van der Waals surface area contributed by atoms with Gasteiger partial charge < -0.3 is 0 Å². The van der Waals surface area contributed by atoms with Gasteiger partial charge in [-0.2, -0.15) is 0 Å². The van der Waals surface area contributed by atoms with Gasteiger partial charge in [-0.25, -0.2) is 0 Å². The van der Waals surface area contributed by atoms with E-state index in [1.54, 1.807) is 12.2 Å². The van der Waals surface area contributed by atoms with E-state index in [4.69, 9.17) is 6.42 Å². The number of hydrogen-bond acceptors (Lipinski definition) is 1. The maximum atomic E-state index is 5.45. The van der Waals surface area contributed by atoms with Gasteiger partial charge in [0.05, 0.1) is 0 Å². The van der Waals surface area contributed by atoms with Crippen LogP contribution in [0, 0.1) is 19.3 Å². The van der Waals surface area contributed by atoms with Crippen LogP contribution in [-0.4, -0.2) is 5.71 Å². The van der Waals surface area contributed by atoms with Gasteiger partial charge in [0.1, 0.15) is 0 Å². The van der Waals surface area contributed by atoms with E-state index in [0.717, 1.165) is 52.1 Å². The Bertz CT molecular complexity index is 982. The van der Waals surface area contributed by atoms with Crippen molar-refractivity contribution in [3.8, 4) is 12.3 Å². The van der Waals surface area contributed by atoms with Gasteiger partial charge >= 0.3 is 0 Å². The number of benzene rings is 1. The summed E-state index contributed by atoms with van der Waals surface area (Å²) in [5, 5.41) is 0. The van der Waals surface area contributed by atoms with E-state index >= 15 is 0 Å². The molecule has 0 amide bonds. The number of allylic oxidation sites excluding steroid dienone is 11. The van der Waals surface area contributed by atoms with E-state index in [-0.39, 0.29) is 0 Å². The van der Waals surface area contributed by atoms with Crippen LogP contribution in [0.4, 0.5) is 0 Å². The maximum Gasteiger partial charge on any atom is 0.0371 e. The van der Waals surface area contributed by atoms with Crippen LogP contribution >= 0.6 is 0 Å². The minimum absolute atomic E-state index is 0.901. The minimum Gasteiger partial charge on any atom is -0.263 e. The molecular formula is C33H45N. The van der Waals surface area contributed by atoms with Gasteiger partial charge in [-0.05, 0) is 86.1 Å². The standard InChI is InChI=1S/C22H24.C9H15N.C2H6/c1-7-10-15-20(13-8-2)18(5)21(9-3)19(6)22-16-12-11-14-17(22)4;1-5-7-9(4)10-8(3)6-2;1-2/h2,9-16H,5-7H2,1,3-4H3;5,7H,1,6H2,2-4H3;1-2H3/b15-10-,20-13+,21-9-;9-7-,10-8?;. The fourth-order valence-corrected chi connectivity index (χ4v) is 2.90. The molecule has 0 N–H and O–H groups in total. The Morgan fingerprint density at radius 2 is 1.74 bits per heavy atom. The normalized spacial score (nSPS) is 12.1. The lowest BCUT2D eigenvalue weighted by atomic mass is 9.88. The molecule has 0 fully saturated rings. The number of aliphatic imine (C=N–C) groups is 1. The molecule has 0 spiro atoms. The topological polar surface area (TPSA) is 12.4 Å². The highest BCUT2D eigenvalue weighted by atomic mass is 14.7. The van der Waals surface area contributed by atoms with Crippen molar-refractivity contribution in [2.24, 2.45) is 4.99 Å². The molecular weight excluding hydrogens is 410 g/mol. The summed E-state index contributed by atoms with van der Waals surface area (Å²) in [7, 11) is 0. The zero-order chi connectivity index (χ0) is 26.5. The molecule has 0 aliphatic heterocycles. The Morgan fingerprint density at radius 1 is 1.12 bits per heavy atom. The monoisotopic (exact) mass is 455 g/mol. The Morgan fingerprint density at radius 3 is 2.21 bits per heavy atom. The van der Waals surface area contributed by atoms with Gasteiger partial charge in [0, 0.05) is 11.4 Å². The van der Waals surface area contributed by atoms with E-state index < -0.39 is 0 Å². The van der Waals surface area contributed by atoms with Crippen molar-refractivity contribution in [2.75, 3.05) is 0 Å². The molecule has 0 unspecified atom stereocenters. The highest BCUT2D eigenvalue weighted by molar-refractivity contribution is 5.85. The van der Waals surface area contributed by atoms with Crippen molar-refractivity contribution >= 4 is 11.3 Å². The summed E-state index contributed by atoms with van der Waals surface area (Å²) in [6.07, 6.45) is 19.0. The van der Waals surface area contributed by atoms with E-state index in [0.29, 0.717) is 0 Å². The zero-order valence-corrected chi connectivity index (χ0v) is 22.8. The summed E-state index contributed by atoms with van der Waals surface area (Å²) in [6, 6.07) is 8.23. The van der Waals surface area contributed by atoms with E-state index in [9.17, 15) is 0 Å². The van der Waals surface area contributed by atoms with E-state index in [1.165, 1.54) is 5.56 Å². The van der Waals surface area contributed by atoms with Crippen molar-refractivity contribution in [1.82, 2.24) is 0 Å². The third-order valence-corrected chi connectivity index (χ3v) is 4.77. The van der Waals surface area contributed by atoms with Crippen LogP contribution in [-0.2, 0) is 0 Å². The average molecular weight is 456 g/mol. The molecule has 0 atom stereocenters. The Kier molecular flexibility index (Phi) is 19.5. The number of terminal acetylenes is 1. The first-order valence-corrected chi connectivity index (χ1v) is 12.0. The molecule has 1 rings (SSSR count). The van der Waals surface area contributed by atoms with Gasteiger partial charge in [0.25, 0.3) is 0 Å². The molecule has 1 nitrogen and oxygen atoms in total. The molecule has 1 aromatic rings. The molecule has 0 radical (unpaired) electrons. The van der Waals surface area contributed by atoms with E-state index in [1.807, 2.05) is 65.0 Å². The average Bonchev–Trinajstić information content (AvgIpc) is 2.84. The molecule has 0 aliphatic rings. The van der Waals surface area contributed by atoms with E-state index in [2.05, 4.69) is 69.6 Å². The molecule has 182 valence electrons. The molecule has 0 heterocycles. The minimum atomic E-state index is 0.901. The summed E-state index contributed by atoms with van der Waals surface area (Å²) >= 11 is 0. The summed E-state index contributed by atoms with van der Waals surface area (Å²) in [4.78, 5) is 4.29. The smallest absolute Gasteiger partial charge is 0.0371 e. The van der Waals surface area contributed by atoms with Crippen molar-refractivity contribution in [3.05, 3.63) is 114 Å². The SMILES string of the molecule is C#C/C=C(\C=C/CC)C(=C)/C(=C/C)C(=C)c1ccccc1C.C=C/C=C(/C)N=C(C)CC.CC. The van der Waals surface area contributed by atoms with Gasteiger partial charge in [0.15, 0.2) is 0 Å². The molecule has 34 heavy (non-hydrogen) atoms. The largest absolute Gasteiger partial charge is 0.263 e. The highest BCUT2D eigenvalue weighted by Gasteiger charge is 2.12. The predicted octanol–water partition coefficient (Wildman–Crippen LogP) is 10.0. The summed E-state index contributed by atoms with van der Waals surface area (Å²) in [5.74, 6) is 2.60. The Balaban J connectivity index is 0. The number of hydrogen-bond donors (Lipinski definition) is 0. The predicted molar refractivity (Wildman–Crippen MR) is 158 cm³/mol. The van der Waals surface area contributed by atoms with Gasteiger partial charge in [-0.15, -0.1) is 6.42 Å². The number of nitrogens with zero attached hydrogens (tertiary/aromatic N) is 1. The molecule has 0 saturated carbocycles. The molecule has 0 bridgehead atoms. The van der Waals surface area contributed by atoms with Crippen molar-refractivity contribution in [2.45, 2.75) is 68.2 Å². The third-order valence-electron chi connectivity index (χ3n) is 4.77. The lowest BCUT2D eigenvalue weighted by molar-refractivity contribution is 1.20. The summed E-state index contributed by atoms with van der Waals surface area (Å²) in [6.45, 7) is 28.4. The summed E-state index contributed by atoms with van der Waals surface area (Å²) < 4.78 is 0. The summed E-state index contributed by atoms with van der Waals surface area (Å²) in [5.41, 5.74) is 8.37. The first-order chi connectivity index (χ1) is 16.3. The Labute approximate surface area is 210 Å². The molecule has 0 saturated heterocycles. The molecule has 1 aromatic carbocycles. The second-order valence-electron chi connectivity index (χ2n) is 7.30. The number of aryl methyl sites for hydroxylation is 1. The maximum absolute atomic E-state index is 5.45. The second-order valence-corrected chi connectivity index (χ2v) is 7.30. The first-order valence-electron chi connectivity index (χ1n) is 12.0. The van der Waals surface area contributed by atoms with Crippen LogP contribution in [0.1, 0.15) is 72.4 Å². The van der Waals surface area contributed by atoms with Gasteiger partial charge in [-0.3, -0.25) is 4.99 Å². The Hall–Kier alpha value is -3.37. The second kappa shape index (κ2) is 20.3. The van der Waals surface area contributed by atoms with Crippen LogP contribution in [0.2, 0.25) is 0 Å². The quantitative estimate of drug-likeness (QED) is 0.199.